The number of benzene rings is 1. The quantitative estimate of drug-likeness (QED) is 0.619. The molecule has 0 N–H and O–H groups in total. The minimum atomic E-state index is -0.509. The van der Waals surface area contributed by atoms with Gasteiger partial charge in [-0.3, -0.25) is 19.8 Å². The highest BCUT2D eigenvalue weighted by Crippen LogP contribution is 2.35. The maximum Gasteiger partial charge on any atom is 0.294 e. The van der Waals surface area contributed by atoms with Crippen LogP contribution in [0, 0.1) is 10.1 Å². The number of carbonyl (C=O) groups is 1. The third-order valence-corrected chi connectivity index (χ3v) is 2.99. The molecule has 1 aliphatic heterocycles. The van der Waals surface area contributed by atoms with E-state index in [-0.39, 0.29) is 17.4 Å². The minimum Gasteiger partial charge on any atom is -0.490 e. The monoisotopic (exact) mass is 274 g/mol. The van der Waals surface area contributed by atoms with Crippen LogP contribution in [0.15, 0.2) is 41.0 Å². The molecule has 0 aliphatic carbocycles. The summed E-state index contributed by atoms with van der Waals surface area (Å²) in [5.41, 5.74) is 0.290. The Morgan fingerprint density at radius 1 is 1.35 bits per heavy atom. The van der Waals surface area contributed by atoms with Gasteiger partial charge in [0.2, 0.25) is 0 Å². The van der Waals surface area contributed by atoms with E-state index >= 15 is 0 Å². The first-order valence-electron chi connectivity index (χ1n) is 5.93. The Kier molecular flexibility index (Phi) is 2.86. The fourth-order valence-corrected chi connectivity index (χ4v) is 2.06. The number of ether oxygens (including phenoxy) is 1. The molecule has 102 valence electrons. The predicted molar refractivity (Wildman–Crippen MR) is 69.0 cm³/mol. The molecule has 7 nitrogen and oxygen atoms in total. The summed E-state index contributed by atoms with van der Waals surface area (Å²) in [6.45, 7) is 0.644. The maximum atomic E-state index is 12.3. The van der Waals surface area contributed by atoms with Crippen molar-refractivity contribution in [3.63, 3.8) is 0 Å². The molecule has 2 heterocycles. The van der Waals surface area contributed by atoms with Gasteiger partial charge in [0.1, 0.15) is 12.4 Å². The molecule has 20 heavy (non-hydrogen) atoms. The van der Waals surface area contributed by atoms with Gasteiger partial charge in [0.05, 0.1) is 23.4 Å². The lowest BCUT2D eigenvalue weighted by Gasteiger charge is -2.28. The van der Waals surface area contributed by atoms with E-state index in [1.165, 1.54) is 29.4 Å². The first-order valence-corrected chi connectivity index (χ1v) is 5.93. The molecule has 1 aromatic carbocycles. The van der Waals surface area contributed by atoms with Gasteiger partial charge in [-0.25, -0.2) is 0 Å². The van der Waals surface area contributed by atoms with Crippen LogP contribution in [0.2, 0.25) is 0 Å². The zero-order chi connectivity index (χ0) is 14.1. The number of amides is 1. The van der Waals surface area contributed by atoms with E-state index in [1.54, 1.807) is 12.1 Å². The van der Waals surface area contributed by atoms with E-state index in [0.29, 0.717) is 24.6 Å². The second-order valence-corrected chi connectivity index (χ2v) is 4.19. The molecule has 0 fully saturated rings. The average Bonchev–Trinajstić information content (AvgIpc) is 2.99. The summed E-state index contributed by atoms with van der Waals surface area (Å²) in [5, 5.41) is 10.8. The average molecular weight is 274 g/mol. The number of hydrogen-bond acceptors (Lipinski definition) is 5. The van der Waals surface area contributed by atoms with Gasteiger partial charge in [-0.1, -0.05) is 0 Å². The van der Waals surface area contributed by atoms with Crippen LogP contribution in [0.3, 0.4) is 0 Å². The summed E-state index contributed by atoms with van der Waals surface area (Å²) in [7, 11) is 0. The summed E-state index contributed by atoms with van der Waals surface area (Å²) < 4.78 is 10.5. The van der Waals surface area contributed by atoms with Gasteiger partial charge in [-0.15, -0.1) is 0 Å². The summed E-state index contributed by atoms with van der Waals surface area (Å²) in [4.78, 5) is 24.1. The summed E-state index contributed by atoms with van der Waals surface area (Å²) >= 11 is 0. The number of nitro groups is 1. The Bertz CT molecular complexity index is 665. The van der Waals surface area contributed by atoms with E-state index in [4.69, 9.17) is 9.15 Å². The molecule has 2 aromatic rings. The van der Waals surface area contributed by atoms with Crippen molar-refractivity contribution in [2.45, 2.75) is 0 Å². The number of carbonyl (C=O) groups excluding carboxylic acids is 1. The maximum absolute atomic E-state index is 12.3. The number of rotatable bonds is 2. The highest BCUT2D eigenvalue weighted by atomic mass is 16.6. The second-order valence-electron chi connectivity index (χ2n) is 4.19. The van der Waals surface area contributed by atoms with Crippen molar-refractivity contribution in [3.05, 3.63) is 52.5 Å². The van der Waals surface area contributed by atoms with Gasteiger partial charge in [-0.2, -0.15) is 0 Å². The summed E-state index contributed by atoms with van der Waals surface area (Å²) in [6, 6.07) is 7.33. The third-order valence-electron chi connectivity index (χ3n) is 2.99. The molecule has 0 saturated carbocycles. The van der Waals surface area contributed by atoms with E-state index in [0.717, 1.165) is 0 Å². The van der Waals surface area contributed by atoms with Crippen LogP contribution in [0.1, 0.15) is 10.6 Å². The zero-order valence-corrected chi connectivity index (χ0v) is 10.3. The normalized spacial score (nSPS) is 13.5. The van der Waals surface area contributed by atoms with Crippen LogP contribution in [0.5, 0.6) is 5.75 Å². The van der Waals surface area contributed by atoms with Crippen LogP contribution >= 0.6 is 0 Å². The molecule has 1 aromatic heterocycles. The van der Waals surface area contributed by atoms with E-state index in [2.05, 4.69) is 0 Å². The predicted octanol–water partition coefficient (Wildman–Crippen LogP) is 2.23. The number of nitro benzene ring substituents is 1. The van der Waals surface area contributed by atoms with Crippen molar-refractivity contribution >= 4 is 17.3 Å². The topological polar surface area (TPSA) is 85.8 Å². The van der Waals surface area contributed by atoms with Gasteiger partial charge >= 0.3 is 0 Å². The lowest BCUT2D eigenvalue weighted by Crippen LogP contribution is -2.37. The Morgan fingerprint density at radius 3 is 2.90 bits per heavy atom. The van der Waals surface area contributed by atoms with E-state index in [9.17, 15) is 14.9 Å². The molecule has 7 heteroatoms. The molecule has 0 saturated heterocycles. The SMILES string of the molecule is O=C(c1ccco1)N1CCOc2ccc([N+](=O)[O-])cc21. The van der Waals surface area contributed by atoms with Gasteiger partial charge in [-0.05, 0) is 18.2 Å². The van der Waals surface area contributed by atoms with Crippen molar-refractivity contribution in [1.29, 1.82) is 0 Å². The number of hydrogen-bond donors (Lipinski definition) is 0. The first-order chi connectivity index (χ1) is 9.66. The minimum absolute atomic E-state index is 0.0912. The Hall–Kier alpha value is -2.83. The number of nitrogens with zero attached hydrogens (tertiary/aromatic N) is 2. The zero-order valence-electron chi connectivity index (χ0n) is 10.3. The largest absolute Gasteiger partial charge is 0.490 e. The molecule has 0 atom stereocenters. The number of anilines is 1. The molecule has 0 radical (unpaired) electrons. The van der Waals surface area contributed by atoms with Crippen LogP contribution in [0.4, 0.5) is 11.4 Å². The highest BCUT2D eigenvalue weighted by Gasteiger charge is 2.28. The molecule has 1 amide bonds. The molecule has 0 bridgehead atoms. The highest BCUT2D eigenvalue weighted by molar-refractivity contribution is 6.05. The van der Waals surface area contributed by atoms with E-state index < -0.39 is 4.92 Å². The van der Waals surface area contributed by atoms with Gasteiger partial charge in [0.25, 0.3) is 11.6 Å². The van der Waals surface area contributed by atoms with Crippen LogP contribution < -0.4 is 9.64 Å². The van der Waals surface area contributed by atoms with Gasteiger partial charge in [0.15, 0.2) is 5.76 Å². The van der Waals surface area contributed by atoms with Crippen molar-refractivity contribution in [1.82, 2.24) is 0 Å². The number of furan rings is 1. The van der Waals surface area contributed by atoms with Gasteiger partial charge in [0, 0.05) is 12.1 Å². The fraction of sp³-hybridized carbons (Fsp3) is 0.154. The van der Waals surface area contributed by atoms with Crippen molar-refractivity contribution < 1.29 is 18.9 Å². The molecule has 0 spiro atoms. The first kappa shape index (κ1) is 12.2. The second kappa shape index (κ2) is 4.69. The molecule has 3 rings (SSSR count). The molecule has 1 aliphatic rings. The Morgan fingerprint density at radius 2 is 2.20 bits per heavy atom. The Balaban J connectivity index is 2.02. The number of non-ortho nitro benzene ring substituents is 1. The summed E-state index contributed by atoms with van der Waals surface area (Å²) in [5.74, 6) is 0.283. The molecular formula is C13H10N2O5. The van der Waals surface area contributed by atoms with Crippen molar-refractivity contribution in [2.75, 3.05) is 18.1 Å². The standard InChI is InChI=1S/C13H10N2O5/c16-13(12-2-1-6-19-12)14-5-7-20-11-4-3-9(15(17)18)8-10(11)14/h1-4,6,8H,5,7H2. The fourth-order valence-electron chi connectivity index (χ4n) is 2.06. The van der Waals surface area contributed by atoms with Crippen LogP contribution in [0.25, 0.3) is 0 Å². The van der Waals surface area contributed by atoms with Crippen molar-refractivity contribution in [3.8, 4) is 5.75 Å². The van der Waals surface area contributed by atoms with E-state index in [1.807, 2.05) is 0 Å². The van der Waals surface area contributed by atoms with Crippen molar-refractivity contribution in [2.24, 2.45) is 0 Å². The molecular weight excluding hydrogens is 264 g/mol. The van der Waals surface area contributed by atoms with Crippen LogP contribution in [-0.2, 0) is 0 Å². The summed E-state index contributed by atoms with van der Waals surface area (Å²) in [6.07, 6.45) is 1.40. The lowest BCUT2D eigenvalue weighted by atomic mass is 10.2. The number of fused-ring (bicyclic) bond motifs is 1. The smallest absolute Gasteiger partial charge is 0.294 e. The lowest BCUT2D eigenvalue weighted by molar-refractivity contribution is -0.384. The van der Waals surface area contributed by atoms with Crippen LogP contribution in [-0.4, -0.2) is 24.0 Å². The third kappa shape index (κ3) is 1.99. The Labute approximate surface area is 113 Å². The molecule has 0 unspecified atom stereocenters. The van der Waals surface area contributed by atoms with Gasteiger partial charge < -0.3 is 9.15 Å².